The number of hydroxylamine groups is 1. The van der Waals surface area contributed by atoms with Crippen LogP contribution in [-0.2, 0) is 9.57 Å². The van der Waals surface area contributed by atoms with Gasteiger partial charge in [0.05, 0.1) is 11.1 Å². The first-order valence-corrected chi connectivity index (χ1v) is 8.10. The third-order valence-electron chi connectivity index (χ3n) is 4.03. The van der Waals surface area contributed by atoms with Crippen molar-refractivity contribution in [2.45, 2.75) is 25.6 Å². The van der Waals surface area contributed by atoms with Gasteiger partial charge >= 0.3 is 0 Å². The van der Waals surface area contributed by atoms with Gasteiger partial charge in [0, 0.05) is 23.4 Å². The second kappa shape index (κ2) is 6.35. The fourth-order valence-corrected chi connectivity index (χ4v) is 3.05. The minimum atomic E-state index is -0.416. The number of nitrogens with one attached hydrogen (secondary N) is 1. The van der Waals surface area contributed by atoms with Crippen LogP contribution in [0.5, 0.6) is 0 Å². The van der Waals surface area contributed by atoms with E-state index >= 15 is 0 Å². The highest BCUT2D eigenvalue weighted by Gasteiger charge is 2.19. The van der Waals surface area contributed by atoms with Crippen molar-refractivity contribution in [2.75, 3.05) is 6.61 Å². The molecule has 0 aliphatic carbocycles. The van der Waals surface area contributed by atoms with Crippen molar-refractivity contribution >= 4 is 34.1 Å². The van der Waals surface area contributed by atoms with E-state index in [9.17, 15) is 4.79 Å². The monoisotopic (exact) mass is 346 g/mol. The van der Waals surface area contributed by atoms with Gasteiger partial charge in [-0.15, -0.1) is 10.2 Å². The third-order valence-corrected chi connectivity index (χ3v) is 4.36. The Kier molecular flexibility index (Phi) is 4.05. The molecule has 2 aromatic heterocycles. The molecule has 7 nitrogen and oxygen atoms in total. The van der Waals surface area contributed by atoms with Crippen LogP contribution in [0.4, 0.5) is 0 Å². The normalized spacial score (nSPS) is 18.1. The standard InChI is InChI=1S/C16H15ClN4O3/c17-12-4-3-5-13-10(12)8-11(15-19-18-9-21(13)15)16(22)20-24-14-6-1-2-7-23-14/h3-5,8-9,14H,1-2,6-7H2,(H,20,22). The summed E-state index contributed by atoms with van der Waals surface area (Å²) in [7, 11) is 0. The van der Waals surface area contributed by atoms with Gasteiger partial charge in [-0.05, 0) is 31.0 Å². The molecule has 1 N–H and O–H groups in total. The maximum atomic E-state index is 12.5. The summed E-state index contributed by atoms with van der Waals surface area (Å²) in [6.45, 7) is 0.639. The minimum Gasteiger partial charge on any atom is -0.350 e. The van der Waals surface area contributed by atoms with Crippen LogP contribution >= 0.6 is 11.6 Å². The molecule has 3 heterocycles. The number of nitrogens with zero attached hydrogens (tertiary/aromatic N) is 3. The van der Waals surface area contributed by atoms with Crippen molar-refractivity contribution in [1.82, 2.24) is 20.1 Å². The van der Waals surface area contributed by atoms with Crippen LogP contribution < -0.4 is 5.48 Å². The summed E-state index contributed by atoms with van der Waals surface area (Å²) in [5.74, 6) is -0.413. The highest BCUT2D eigenvalue weighted by molar-refractivity contribution is 6.35. The van der Waals surface area contributed by atoms with Crippen LogP contribution in [0.1, 0.15) is 29.6 Å². The summed E-state index contributed by atoms with van der Waals surface area (Å²) < 4.78 is 7.16. The lowest BCUT2D eigenvalue weighted by Gasteiger charge is -2.22. The second-order valence-electron chi connectivity index (χ2n) is 5.60. The number of carbonyl (C=O) groups is 1. The Morgan fingerprint density at radius 1 is 1.42 bits per heavy atom. The number of hydrogen-bond acceptors (Lipinski definition) is 5. The number of amides is 1. The Bertz CT molecular complexity index is 905. The number of aromatic nitrogens is 3. The lowest BCUT2D eigenvalue weighted by Crippen LogP contribution is -2.33. The molecule has 8 heteroatoms. The molecule has 0 spiro atoms. The minimum absolute atomic E-state index is 0.337. The molecule has 1 saturated heterocycles. The molecule has 1 unspecified atom stereocenters. The molecule has 124 valence electrons. The van der Waals surface area contributed by atoms with Gasteiger partial charge in [0.25, 0.3) is 5.91 Å². The maximum Gasteiger partial charge on any atom is 0.278 e. The fourth-order valence-electron chi connectivity index (χ4n) is 2.83. The number of ether oxygens (including phenoxy) is 1. The fraction of sp³-hybridized carbons (Fsp3) is 0.312. The number of fused-ring (bicyclic) bond motifs is 3. The zero-order valence-corrected chi connectivity index (χ0v) is 13.5. The number of pyridine rings is 1. The van der Waals surface area contributed by atoms with E-state index in [2.05, 4.69) is 15.7 Å². The van der Waals surface area contributed by atoms with E-state index in [1.807, 2.05) is 12.1 Å². The molecular formula is C16H15ClN4O3. The van der Waals surface area contributed by atoms with Gasteiger partial charge in [-0.25, -0.2) is 10.3 Å². The van der Waals surface area contributed by atoms with Crippen molar-refractivity contribution in [3.63, 3.8) is 0 Å². The molecule has 0 saturated carbocycles. The van der Waals surface area contributed by atoms with E-state index in [1.165, 1.54) is 0 Å². The second-order valence-corrected chi connectivity index (χ2v) is 6.01. The van der Waals surface area contributed by atoms with E-state index in [0.29, 0.717) is 22.8 Å². The van der Waals surface area contributed by atoms with Gasteiger partial charge in [-0.2, -0.15) is 0 Å². The summed E-state index contributed by atoms with van der Waals surface area (Å²) >= 11 is 6.26. The molecule has 0 radical (unpaired) electrons. The Hall–Kier alpha value is -2.22. The lowest BCUT2D eigenvalue weighted by molar-refractivity contribution is -0.186. The molecule has 0 bridgehead atoms. The summed E-state index contributed by atoms with van der Waals surface area (Å²) in [6, 6.07) is 7.20. The first-order valence-electron chi connectivity index (χ1n) is 7.72. The lowest BCUT2D eigenvalue weighted by atomic mass is 10.1. The van der Waals surface area contributed by atoms with Crippen LogP contribution in [0.25, 0.3) is 16.6 Å². The van der Waals surface area contributed by atoms with Gasteiger partial charge in [-0.1, -0.05) is 17.7 Å². The number of halogens is 1. The Balaban J connectivity index is 1.68. The van der Waals surface area contributed by atoms with Gasteiger partial charge in [-0.3, -0.25) is 9.20 Å². The zero-order valence-electron chi connectivity index (χ0n) is 12.7. The predicted octanol–water partition coefficient (Wildman–Crippen LogP) is 2.72. The van der Waals surface area contributed by atoms with Gasteiger partial charge in [0.1, 0.15) is 6.33 Å². The van der Waals surface area contributed by atoms with Crippen LogP contribution in [0, 0.1) is 0 Å². The van der Waals surface area contributed by atoms with Crippen molar-refractivity contribution in [3.8, 4) is 0 Å². The molecule has 1 aromatic carbocycles. The van der Waals surface area contributed by atoms with Crippen LogP contribution in [0.2, 0.25) is 5.02 Å². The Morgan fingerprint density at radius 3 is 3.17 bits per heavy atom. The maximum absolute atomic E-state index is 12.5. The van der Waals surface area contributed by atoms with E-state index in [0.717, 1.165) is 30.2 Å². The first kappa shape index (κ1) is 15.3. The number of rotatable bonds is 3. The zero-order chi connectivity index (χ0) is 16.5. The molecule has 1 aliphatic heterocycles. The van der Waals surface area contributed by atoms with Crippen molar-refractivity contribution in [1.29, 1.82) is 0 Å². The number of benzene rings is 1. The summed E-state index contributed by atoms with van der Waals surface area (Å²) in [4.78, 5) is 17.9. The summed E-state index contributed by atoms with van der Waals surface area (Å²) in [5, 5.41) is 9.23. The van der Waals surface area contributed by atoms with Gasteiger partial charge < -0.3 is 4.74 Å². The molecule has 1 atom stereocenters. The highest BCUT2D eigenvalue weighted by atomic mass is 35.5. The topological polar surface area (TPSA) is 77.8 Å². The quantitative estimate of drug-likeness (QED) is 0.738. The smallest absolute Gasteiger partial charge is 0.278 e. The molecule has 24 heavy (non-hydrogen) atoms. The largest absolute Gasteiger partial charge is 0.350 e. The molecule has 4 rings (SSSR count). The molecule has 1 amide bonds. The van der Waals surface area contributed by atoms with Crippen molar-refractivity contribution in [3.05, 3.63) is 41.2 Å². The molecule has 3 aromatic rings. The third kappa shape index (κ3) is 2.71. The Labute approximate surface area is 142 Å². The van der Waals surface area contributed by atoms with Crippen molar-refractivity contribution < 1.29 is 14.4 Å². The number of hydrogen-bond donors (Lipinski definition) is 1. The molecule has 1 aliphatic rings. The van der Waals surface area contributed by atoms with Crippen LogP contribution in [0.15, 0.2) is 30.6 Å². The van der Waals surface area contributed by atoms with Gasteiger partial charge in [0.15, 0.2) is 11.9 Å². The summed E-state index contributed by atoms with van der Waals surface area (Å²) in [5.41, 5.74) is 4.05. The molecular weight excluding hydrogens is 332 g/mol. The average Bonchev–Trinajstić information content (AvgIpc) is 3.10. The van der Waals surface area contributed by atoms with E-state index in [-0.39, 0.29) is 0 Å². The van der Waals surface area contributed by atoms with Crippen molar-refractivity contribution in [2.24, 2.45) is 0 Å². The highest BCUT2D eigenvalue weighted by Crippen LogP contribution is 2.26. The van der Waals surface area contributed by atoms with E-state index < -0.39 is 12.2 Å². The number of carbonyl (C=O) groups excluding carboxylic acids is 1. The molecule has 1 fully saturated rings. The first-order chi connectivity index (χ1) is 11.7. The van der Waals surface area contributed by atoms with Crippen LogP contribution in [-0.4, -0.2) is 33.4 Å². The summed E-state index contributed by atoms with van der Waals surface area (Å²) in [6.07, 6.45) is 3.92. The SMILES string of the molecule is O=C(NOC1CCCCO1)c1cc2c(Cl)cccc2n2cnnc12. The predicted molar refractivity (Wildman–Crippen MR) is 87.6 cm³/mol. The average molecular weight is 347 g/mol. The van der Waals surface area contributed by atoms with Crippen LogP contribution in [0.3, 0.4) is 0 Å². The Morgan fingerprint density at radius 2 is 2.33 bits per heavy atom. The van der Waals surface area contributed by atoms with E-state index in [1.54, 1.807) is 22.9 Å². The van der Waals surface area contributed by atoms with Gasteiger partial charge in [0.2, 0.25) is 0 Å². The van der Waals surface area contributed by atoms with E-state index in [4.69, 9.17) is 21.2 Å².